The first-order valence-electron chi connectivity index (χ1n) is 8.07. The molecule has 2 amide bonds. The van der Waals surface area contributed by atoms with E-state index in [0.29, 0.717) is 18.7 Å². The smallest absolute Gasteiger partial charge is 0.257 e. The Morgan fingerprint density at radius 2 is 1.62 bits per heavy atom. The third kappa shape index (κ3) is 3.62. The molecule has 0 radical (unpaired) electrons. The van der Waals surface area contributed by atoms with Crippen molar-refractivity contribution in [1.82, 2.24) is 14.4 Å². The van der Waals surface area contributed by atoms with Crippen LogP contribution in [0.5, 0.6) is 0 Å². The summed E-state index contributed by atoms with van der Waals surface area (Å²) in [5, 5.41) is 0.286. The van der Waals surface area contributed by atoms with Crippen LogP contribution in [0.1, 0.15) is 20.7 Å². The highest BCUT2D eigenvalue weighted by Crippen LogP contribution is 2.18. The SMILES string of the molecule is Cn1ccc(C(=O)N2CCN(C(=O)c3cc(Cl)ccc3F)CC2)cc1=O. The van der Waals surface area contributed by atoms with Crippen molar-refractivity contribution >= 4 is 23.4 Å². The number of piperazine rings is 1. The first-order chi connectivity index (χ1) is 12.4. The lowest BCUT2D eigenvalue weighted by Gasteiger charge is -2.35. The van der Waals surface area contributed by atoms with Crippen LogP contribution in [0.15, 0.2) is 41.3 Å². The van der Waals surface area contributed by atoms with Crippen molar-refractivity contribution in [3.8, 4) is 0 Å². The number of benzene rings is 1. The van der Waals surface area contributed by atoms with E-state index in [1.165, 1.54) is 33.9 Å². The topological polar surface area (TPSA) is 62.6 Å². The minimum Gasteiger partial charge on any atom is -0.335 e. The molecule has 6 nitrogen and oxygen atoms in total. The van der Waals surface area contributed by atoms with Crippen LogP contribution >= 0.6 is 11.6 Å². The number of carbonyl (C=O) groups is 2. The van der Waals surface area contributed by atoms with E-state index in [1.54, 1.807) is 18.0 Å². The van der Waals surface area contributed by atoms with Crippen LogP contribution in [-0.4, -0.2) is 52.4 Å². The number of hydrogen-bond acceptors (Lipinski definition) is 3. The summed E-state index contributed by atoms with van der Waals surface area (Å²) in [7, 11) is 1.61. The van der Waals surface area contributed by atoms with Crippen LogP contribution in [-0.2, 0) is 7.05 Å². The minimum absolute atomic E-state index is 0.0798. The van der Waals surface area contributed by atoms with Crippen LogP contribution in [0.4, 0.5) is 4.39 Å². The molecular formula is C18H17ClFN3O3. The molecule has 2 heterocycles. The summed E-state index contributed by atoms with van der Waals surface area (Å²) in [6.45, 7) is 1.17. The number of amides is 2. The van der Waals surface area contributed by atoms with Gasteiger partial charge in [-0.2, -0.15) is 0 Å². The van der Waals surface area contributed by atoms with Gasteiger partial charge >= 0.3 is 0 Å². The minimum atomic E-state index is -0.627. The molecule has 1 aromatic carbocycles. The molecule has 0 unspecified atom stereocenters. The zero-order valence-corrected chi connectivity index (χ0v) is 14.9. The van der Waals surface area contributed by atoms with E-state index in [9.17, 15) is 18.8 Å². The lowest BCUT2D eigenvalue weighted by atomic mass is 10.1. The van der Waals surface area contributed by atoms with Crippen LogP contribution < -0.4 is 5.56 Å². The highest BCUT2D eigenvalue weighted by Gasteiger charge is 2.27. The van der Waals surface area contributed by atoms with E-state index in [4.69, 9.17) is 11.6 Å². The Morgan fingerprint density at radius 1 is 1.00 bits per heavy atom. The fourth-order valence-corrected chi connectivity index (χ4v) is 2.98. The summed E-state index contributed by atoms with van der Waals surface area (Å²) in [6, 6.07) is 6.72. The number of nitrogens with zero attached hydrogens (tertiary/aromatic N) is 3. The summed E-state index contributed by atoms with van der Waals surface area (Å²) in [5.74, 6) is -1.34. The van der Waals surface area contributed by atoms with Crippen LogP contribution in [0.25, 0.3) is 0 Å². The molecule has 1 saturated heterocycles. The van der Waals surface area contributed by atoms with E-state index in [2.05, 4.69) is 0 Å². The maximum Gasteiger partial charge on any atom is 0.257 e. The number of aromatic nitrogens is 1. The molecule has 3 rings (SSSR count). The average molecular weight is 378 g/mol. The monoisotopic (exact) mass is 377 g/mol. The third-order valence-corrected chi connectivity index (χ3v) is 4.60. The first kappa shape index (κ1) is 18.1. The maximum absolute atomic E-state index is 13.9. The molecule has 0 aliphatic carbocycles. The molecule has 0 N–H and O–H groups in total. The molecule has 1 fully saturated rings. The van der Waals surface area contributed by atoms with Crippen molar-refractivity contribution in [1.29, 1.82) is 0 Å². The predicted molar refractivity (Wildman–Crippen MR) is 94.9 cm³/mol. The Kier molecular flexibility index (Phi) is 5.08. The summed E-state index contributed by atoms with van der Waals surface area (Å²) >= 11 is 5.84. The van der Waals surface area contributed by atoms with E-state index in [1.807, 2.05) is 0 Å². The van der Waals surface area contributed by atoms with Gasteiger partial charge in [0, 0.05) is 56.1 Å². The van der Waals surface area contributed by atoms with Gasteiger partial charge in [0.05, 0.1) is 5.56 Å². The molecule has 0 atom stereocenters. The molecule has 1 aliphatic rings. The standard InChI is InChI=1S/C18H17ClFN3O3/c1-21-5-4-12(10-16(21)24)17(25)22-6-8-23(9-7-22)18(26)14-11-13(19)2-3-15(14)20/h2-5,10-11H,6-9H2,1H3. The maximum atomic E-state index is 13.9. The molecular weight excluding hydrogens is 361 g/mol. The van der Waals surface area contributed by atoms with Gasteiger partial charge in [-0.05, 0) is 24.3 Å². The second-order valence-electron chi connectivity index (χ2n) is 6.07. The molecule has 8 heteroatoms. The largest absolute Gasteiger partial charge is 0.335 e. The Balaban J connectivity index is 1.68. The first-order valence-corrected chi connectivity index (χ1v) is 8.45. The molecule has 0 spiro atoms. The van der Waals surface area contributed by atoms with Gasteiger partial charge in [0.25, 0.3) is 17.4 Å². The number of aryl methyl sites for hydroxylation is 1. The Morgan fingerprint density at radius 3 is 2.23 bits per heavy atom. The van der Waals surface area contributed by atoms with Crippen molar-refractivity contribution in [2.75, 3.05) is 26.2 Å². The second kappa shape index (κ2) is 7.29. The number of halogens is 2. The second-order valence-corrected chi connectivity index (χ2v) is 6.51. The van der Waals surface area contributed by atoms with Crippen LogP contribution in [0, 0.1) is 5.82 Å². The third-order valence-electron chi connectivity index (χ3n) is 4.36. The van der Waals surface area contributed by atoms with Gasteiger partial charge in [-0.1, -0.05) is 11.6 Å². The van der Waals surface area contributed by atoms with Crippen LogP contribution in [0.2, 0.25) is 5.02 Å². The molecule has 136 valence electrons. The van der Waals surface area contributed by atoms with Gasteiger partial charge in [0.2, 0.25) is 0 Å². The zero-order chi connectivity index (χ0) is 18.8. The van der Waals surface area contributed by atoms with E-state index < -0.39 is 11.7 Å². The molecule has 1 aliphatic heterocycles. The predicted octanol–water partition coefficient (Wildman–Crippen LogP) is 1.78. The molecule has 0 saturated carbocycles. The fraction of sp³-hybridized carbons (Fsp3) is 0.278. The zero-order valence-electron chi connectivity index (χ0n) is 14.1. The number of pyridine rings is 1. The highest BCUT2D eigenvalue weighted by atomic mass is 35.5. The Bertz CT molecular complexity index is 920. The van der Waals surface area contributed by atoms with Crippen molar-refractivity contribution in [2.24, 2.45) is 7.05 Å². The van der Waals surface area contributed by atoms with Gasteiger partial charge in [-0.15, -0.1) is 0 Å². The molecule has 26 heavy (non-hydrogen) atoms. The van der Waals surface area contributed by atoms with Gasteiger partial charge in [0.15, 0.2) is 0 Å². The molecule has 2 aromatic rings. The van der Waals surface area contributed by atoms with Crippen LogP contribution in [0.3, 0.4) is 0 Å². The lowest BCUT2D eigenvalue weighted by molar-refractivity contribution is 0.0532. The van der Waals surface area contributed by atoms with Crippen molar-refractivity contribution in [3.05, 3.63) is 68.8 Å². The van der Waals surface area contributed by atoms with Crippen molar-refractivity contribution < 1.29 is 14.0 Å². The molecule has 0 bridgehead atoms. The van der Waals surface area contributed by atoms with Gasteiger partial charge in [0.1, 0.15) is 5.82 Å². The normalized spacial score (nSPS) is 14.4. The van der Waals surface area contributed by atoms with Gasteiger partial charge in [-0.25, -0.2) is 4.39 Å². The van der Waals surface area contributed by atoms with Crippen molar-refractivity contribution in [2.45, 2.75) is 0 Å². The van der Waals surface area contributed by atoms with Gasteiger partial charge < -0.3 is 14.4 Å². The van der Waals surface area contributed by atoms with E-state index in [0.717, 1.165) is 6.07 Å². The molecule has 1 aromatic heterocycles. The number of rotatable bonds is 2. The summed E-state index contributed by atoms with van der Waals surface area (Å²) in [5.41, 5.74) is -0.0290. The Hall–Kier alpha value is -2.67. The quantitative estimate of drug-likeness (QED) is 0.801. The number of hydrogen-bond donors (Lipinski definition) is 0. The Labute approximate surface area is 154 Å². The van der Waals surface area contributed by atoms with E-state index in [-0.39, 0.29) is 35.1 Å². The van der Waals surface area contributed by atoms with E-state index >= 15 is 0 Å². The summed E-state index contributed by atoms with van der Waals surface area (Å²) < 4.78 is 15.3. The van der Waals surface area contributed by atoms with Gasteiger partial charge in [-0.3, -0.25) is 14.4 Å². The number of carbonyl (C=O) groups excluding carboxylic acids is 2. The fourth-order valence-electron chi connectivity index (χ4n) is 2.81. The average Bonchev–Trinajstić information content (AvgIpc) is 2.65. The lowest BCUT2D eigenvalue weighted by Crippen LogP contribution is -2.50. The van der Waals surface area contributed by atoms with Crippen molar-refractivity contribution in [3.63, 3.8) is 0 Å². The summed E-state index contributed by atoms with van der Waals surface area (Å²) in [4.78, 5) is 39.7. The highest BCUT2D eigenvalue weighted by molar-refractivity contribution is 6.31. The summed E-state index contributed by atoms with van der Waals surface area (Å²) in [6.07, 6.45) is 1.54.